The summed E-state index contributed by atoms with van der Waals surface area (Å²) in [6.07, 6.45) is 0.653. The summed E-state index contributed by atoms with van der Waals surface area (Å²) >= 11 is 6.07. The van der Waals surface area contributed by atoms with E-state index in [2.05, 4.69) is 17.2 Å². The second kappa shape index (κ2) is 6.32. The molecule has 0 aliphatic rings. The van der Waals surface area contributed by atoms with Crippen molar-refractivity contribution in [2.24, 2.45) is 0 Å². The maximum absolute atomic E-state index is 10.6. The molecule has 0 saturated heterocycles. The van der Waals surface area contributed by atoms with Crippen molar-refractivity contribution in [3.8, 4) is 11.8 Å². The summed E-state index contributed by atoms with van der Waals surface area (Å²) in [6.45, 7) is 6.03. The molecule has 0 unspecified atom stereocenters. The number of amides is 1. The molecule has 1 aromatic rings. The summed E-state index contributed by atoms with van der Waals surface area (Å²) in [5, 5.41) is 3.50. The van der Waals surface area contributed by atoms with E-state index in [0.29, 0.717) is 13.0 Å². The second-order valence-electron chi connectivity index (χ2n) is 3.96. The minimum Gasteiger partial charge on any atom is -0.355 e. The smallest absolute Gasteiger partial charge is 0.216 e. The molecule has 90 valence electrons. The van der Waals surface area contributed by atoms with Gasteiger partial charge in [0, 0.05) is 30.5 Å². The van der Waals surface area contributed by atoms with E-state index in [1.807, 2.05) is 26.0 Å². The van der Waals surface area contributed by atoms with Crippen molar-refractivity contribution in [2.45, 2.75) is 27.2 Å². The Kier molecular flexibility index (Phi) is 5.06. The average Bonchev–Trinajstić information content (AvgIpc) is 2.25. The molecule has 1 aromatic carbocycles. The number of hydrogen-bond donors (Lipinski definition) is 1. The van der Waals surface area contributed by atoms with Crippen molar-refractivity contribution in [3.05, 3.63) is 33.8 Å². The third kappa shape index (κ3) is 4.50. The Morgan fingerprint density at radius 3 is 2.47 bits per heavy atom. The van der Waals surface area contributed by atoms with Crippen LogP contribution >= 0.6 is 11.6 Å². The summed E-state index contributed by atoms with van der Waals surface area (Å²) < 4.78 is 0. The molecule has 0 aliphatic carbocycles. The number of rotatable bonds is 2. The summed E-state index contributed by atoms with van der Waals surface area (Å²) in [5.74, 6) is 6.07. The molecule has 0 saturated carbocycles. The normalized spacial score (nSPS) is 9.41. The van der Waals surface area contributed by atoms with Gasteiger partial charge in [0.2, 0.25) is 5.91 Å². The molecule has 1 N–H and O–H groups in total. The first-order valence-corrected chi connectivity index (χ1v) is 5.88. The van der Waals surface area contributed by atoms with Crippen LogP contribution in [0, 0.1) is 25.7 Å². The van der Waals surface area contributed by atoms with Crippen molar-refractivity contribution in [1.82, 2.24) is 5.32 Å². The molecule has 0 aliphatic heterocycles. The maximum atomic E-state index is 10.6. The Morgan fingerprint density at radius 1 is 1.35 bits per heavy atom. The molecule has 0 bridgehead atoms. The lowest BCUT2D eigenvalue weighted by atomic mass is 10.1. The molecule has 1 amide bonds. The second-order valence-corrected chi connectivity index (χ2v) is 4.34. The van der Waals surface area contributed by atoms with E-state index in [9.17, 15) is 4.79 Å². The highest BCUT2D eigenvalue weighted by Crippen LogP contribution is 2.21. The molecule has 1 rings (SSSR count). The zero-order chi connectivity index (χ0) is 12.8. The van der Waals surface area contributed by atoms with Gasteiger partial charge in [-0.1, -0.05) is 23.4 Å². The Morgan fingerprint density at radius 2 is 1.94 bits per heavy atom. The molecular weight excluding hydrogens is 234 g/mol. The van der Waals surface area contributed by atoms with Crippen LogP contribution in [0.3, 0.4) is 0 Å². The summed E-state index contributed by atoms with van der Waals surface area (Å²) in [6, 6.07) is 3.95. The number of benzene rings is 1. The number of aryl methyl sites for hydroxylation is 2. The number of hydrogen-bond acceptors (Lipinski definition) is 1. The fourth-order valence-corrected chi connectivity index (χ4v) is 1.59. The van der Waals surface area contributed by atoms with Gasteiger partial charge in [-0.15, -0.1) is 0 Å². The Balaban J connectivity index is 2.63. The monoisotopic (exact) mass is 249 g/mol. The topological polar surface area (TPSA) is 29.1 Å². The van der Waals surface area contributed by atoms with Crippen LogP contribution in [0.25, 0.3) is 0 Å². The Labute approximate surface area is 107 Å². The fourth-order valence-electron chi connectivity index (χ4n) is 1.48. The number of nitrogens with one attached hydrogen (secondary N) is 1. The van der Waals surface area contributed by atoms with Gasteiger partial charge >= 0.3 is 0 Å². The highest BCUT2D eigenvalue weighted by Gasteiger charge is 2.00. The lowest BCUT2D eigenvalue weighted by molar-refractivity contribution is -0.118. The number of carbonyl (C=O) groups excluding carboxylic acids is 1. The summed E-state index contributed by atoms with van der Waals surface area (Å²) in [5.41, 5.74) is 3.04. The van der Waals surface area contributed by atoms with E-state index >= 15 is 0 Å². The zero-order valence-corrected chi connectivity index (χ0v) is 11.1. The van der Waals surface area contributed by atoms with Crippen molar-refractivity contribution >= 4 is 17.5 Å². The molecule has 0 aromatic heterocycles. The SMILES string of the molecule is CC(=O)NCCC#Cc1cc(C)c(Cl)c(C)c1. The van der Waals surface area contributed by atoms with Crippen LogP contribution in [0.1, 0.15) is 30.0 Å². The van der Waals surface area contributed by atoms with Gasteiger partial charge in [-0.05, 0) is 37.1 Å². The van der Waals surface area contributed by atoms with Crippen molar-refractivity contribution in [1.29, 1.82) is 0 Å². The van der Waals surface area contributed by atoms with Crippen molar-refractivity contribution in [2.75, 3.05) is 6.54 Å². The minimum atomic E-state index is -0.0232. The average molecular weight is 250 g/mol. The van der Waals surface area contributed by atoms with Crippen LogP contribution in [0.4, 0.5) is 0 Å². The van der Waals surface area contributed by atoms with Gasteiger partial charge in [0.25, 0.3) is 0 Å². The zero-order valence-electron chi connectivity index (χ0n) is 10.4. The van der Waals surface area contributed by atoms with E-state index < -0.39 is 0 Å². The molecule has 0 fully saturated rings. The van der Waals surface area contributed by atoms with Gasteiger partial charge in [0.15, 0.2) is 0 Å². The largest absolute Gasteiger partial charge is 0.355 e. The van der Waals surface area contributed by atoms with Gasteiger partial charge in [-0.2, -0.15) is 0 Å². The predicted molar refractivity (Wildman–Crippen MR) is 71.1 cm³/mol. The maximum Gasteiger partial charge on any atom is 0.216 e. The number of carbonyl (C=O) groups is 1. The molecule has 3 heteroatoms. The number of halogens is 1. The standard InChI is InChI=1S/C14H16ClNO/c1-10-8-13(9-11(2)14(10)15)6-4-5-7-16-12(3)17/h8-9H,5,7H2,1-3H3,(H,16,17). The van der Waals surface area contributed by atoms with Crippen LogP contribution in [0.2, 0.25) is 5.02 Å². The van der Waals surface area contributed by atoms with Crippen molar-refractivity contribution in [3.63, 3.8) is 0 Å². The van der Waals surface area contributed by atoms with Crippen LogP contribution in [-0.4, -0.2) is 12.5 Å². The highest BCUT2D eigenvalue weighted by molar-refractivity contribution is 6.32. The first-order chi connectivity index (χ1) is 8.00. The first kappa shape index (κ1) is 13.6. The third-order valence-electron chi connectivity index (χ3n) is 2.29. The van der Waals surface area contributed by atoms with Crippen molar-refractivity contribution < 1.29 is 4.79 Å². The van der Waals surface area contributed by atoms with E-state index in [1.54, 1.807) is 0 Å². The van der Waals surface area contributed by atoms with Gasteiger partial charge in [-0.3, -0.25) is 4.79 Å². The molecule has 0 spiro atoms. The van der Waals surface area contributed by atoms with E-state index in [-0.39, 0.29) is 5.91 Å². The predicted octanol–water partition coefficient (Wildman–Crippen LogP) is 2.83. The first-order valence-electron chi connectivity index (χ1n) is 5.50. The van der Waals surface area contributed by atoms with Gasteiger partial charge in [0.05, 0.1) is 0 Å². The minimum absolute atomic E-state index is 0.0232. The van der Waals surface area contributed by atoms with Crippen LogP contribution in [-0.2, 0) is 4.79 Å². The molecule has 0 radical (unpaired) electrons. The van der Waals surface area contributed by atoms with Crippen LogP contribution in [0.5, 0.6) is 0 Å². The third-order valence-corrected chi connectivity index (χ3v) is 2.89. The quantitative estimate of drug-likeness (QED) is 0.634. The highest BCUT2D eigenvalue weighted by atomic mass is 35.5. The molecule has 0 heterocycles. The Bertz CT molecular complexity index is 460. The molecule has 0 atom stereocenters. The molecular formula is C14H16ClNO. The van der Waals surface area contributed by atoms with E-state index in [4.69, 9.17) is 11.6 Å². The summed E-state index contributed by atoms with van der Waals surface area (Å²) in [4.78, 5) is 10.6. The lowest BCUT2D eigenvalue weighted by Gasteiger charge is -2.02. The van der Waals surface area contributed by atoms with E-state index in [0.717, 1.165) is 21.7 Å². The molecule has 17 heavy (non-hydrogen) atoms. The van der Waals surface area contributed by atoms with Gasteiger partial charge in [0.1, 0.15) is 0 Å². The van der Waals surface area contributed by atoms with Gasteiger partial charge in [-0.25, -0.2) is 0 Å². The Hall–Kier alpha value is -1.46. The van der Waals surface area contributed by atoms with Gasteiger partial charge < -0.3 is 5.32 Å². The summed E-state index contributed by atoms with van der Waals surface area (Å²) in [7, 11) is 0. The van der Waals surface area contributed by atoms with Crippen LogP contribution in [0.15, 0.2) is 12.1 Å². The fraction of sp³-hybridized carbons (Fsp3) is 0.357. The molecule has 2 nitrogen and oxygen atoms in total. The lowest BCUT2D eigenvalue weighted by Crippen LogP contribution is -2.20. The van der Waals surface area contributed by atoms with E-state index in [1.165, 1.54) is 6.92 Å². The van der Waals surface area contributed by atoms with Crippen LogP contribution < -0.4 is 5.32 Å².